The summed E-state index contributed by atoms with van der Waals surface area (Å²) in [4.78, 5) is 20.5. The summed E-state index contributed by atoms with van der Waals surface area (Å²) in [6.07, 6.45) is -2.82. The van der Waals surface area contributed by atoms with Gasteiger partial charge >= 0.3 is 6.18 Å². The van der Waals surface area contributed by atoms with E-state index in [-0.39, 0.29) is 47.5 Å². The van der Waals surface area contributed by atoms with E-state index in [0.717, 1.165) is 12.3 Å². The number of rotatable bonds is 4. The molecule has 190 valence electrons. The molecule has 1 fully saturated rings. The van der Waals surface area contributed by atoms with Gasteiger partial charge in [0, 0.05) is 44.2 Å². The monoisotopic (exact) mass is 541 g/mol. The van der Waals surface area contributed by atoms with Crippen LogP contribution in [0.4, 0.5) is 23.4 Å². The largest absolute Gasteiger partial charge is 0.417 e. The zero-order chi connectivity index (χ0) is 26.3. The van der Waals surface area contributed by atoms with Gasteiger partial charge in [-0.25, -0.2) is 17.8 Å². The molecule has 3 aromatic rings. The predicted molar refractivity (Wildman–Crippen MR) is 127 cm³/mol. The van der Waals surface area contributed by atoms with Crippen LogP contribution in [-0.2, 0) is 16.0 Å². The number of sulfone groups is 1. The smallest absolute Gasteiger partial charge is 0.352 e. The van der Waals surface area contributed by atoms with Gasteiger partial charge < -0.3 is 9.80 Å². The number of aromatic nitrogens is 1. The lowest BCUT2D eigenvalue weighted by molar-refractivity contribution is -0.137. The Balaban J connectivity index is 1.59. The summed E-state index contributed by atoms with van der Waals surface area (Å²) < 4.78 is 76.4. The van der Waals surface area contributed by atoms with Crippen molar-refractivity contribution in [1.29, 1.82) is 0 Å². The number of hydrogen-bond acceptors (Lipinski definition) is 5. The van der Waals surface area contributed by atoms with Gasteiger partial charge in [0.05, 0.1) is 15.5 Å². The van der Waals surface area contributed by atoms with Crippen molar-refractivity contribution in [1.82, 2.24) is 9.88 Å². The number of halogens is 5. The van der Waals surface area contributed by atoms with Crippen LogP contribution in [0.25, 0.3) is 11.1 Å². The Morgan fingerprint density at radius 1 is 1.00 bits per heavy atom. The van der Waals surface area contributed by atoms with Crippen LogP contribution in [0.2, 0.25) is 5.02 Å². The van der Waals surface area contributed by atoms with Crippen LogP contribution in [-0.4, -0.2) is 56.6 Å². The van der Waals surface area contributed by atoms with Gasteiger partial charge in [0.1, 0.15) is 11.6 Å². The third kappa shape index (κ3) is 5.46. The van der Waals surface area contributed by atoms with Crippen molar-refractivity contribution < 1.29 is 30.8 Å². The van der Waals surface area contributed by atoms with Crippen molar-refractivity contribution in [3.05, 3.63) is 76.7 Å². The van der Waals surface area contributed by atoms with E-state index in [9.17, 15) is 30.8 Å². The quantitative estimate of drug-likeness (QED) is 0.438. The lowest BCUT2D eigenvalue weighted by Gasteiger charge is -2.36. The minimum atomic E-state index is -4.57. The third-order valence-electron chi connectivity index (χ3n) is 5.82. The van der Waals surface area contributed by atoms with Gasteiger partial charge in [0.2, 0.25) is 0 Å². The summed E-state index contributed by atoms with van der Waals surface area (Å²) in [5.74, 6) is -0.695. The van der Waals surface area contributed by atoms with Gasteiger partial charge in [0.25, 0.3) is 5.91 Å². The second kappa shape index (κ2) is 9.70. The Kier molecular flexibility index (Phi) is 6.98. The lowest BCUT2D eigenvalue weighted by atomic mass is 9.98. The molecule has 1 aliphatic rings. The highest BCUT2D eigenvalue weighted by molar-refractivity contribution is 7.90. The molecule has 6 nitrogen and oxygen atoms in total. The van der Waals surface area contributed by atoms with Crippen molar-refractivity contribution in [3.63, 3.8) is 0 Å². The summed E-state index contributed by atoms with van der Waals surface area (Å²) in [6, 6.07) is 10.5. The molecule has 0 saturated carbocycles. The molecule has 0 aliphatic carbocycles. The van der Waals surface area contributed by atoms with Crippen LogP contribution in [0.1, 0.15) is 15.9 Å². The molecule has 12 heteroatoms. The molecule has 0 N–H and O–H groups in total. The van der Waals surface area contributed by atoms with E-state index >= 15 is 0 Å². The second-order valence-electron chi connectivity index (χ2n) is 8.29. The van der Waals surface area contributed by atoms with E-state index in [0.29, 0.717) is 17.3 Å². The third-order valence-corrected chi connectivity index (χ3v) is 7.21. The average molecular weight is 542 g/mol. The number of carbonyl (C=O) groups is 1. The fourth-order valence-electron chi connectivity index (χ4n) is 3.92. The van der Waals surface area contributed by atoms with Gasteiger partial charge in [-0.15, -0.1) is 0 Å². The molecule has 0 unspecified atom stereocenters. The number of alkyl halides is 3. The molecule has 0 atom stereocenters. The van der Waals surface area contributed by atoms with Crippen LogP contribution in [0.5, 0.6) is 0 Å². The average Bonchev–Trinajstić information content (AvgIpc) is 2.83. The van der Waals surface area contributed by atoms with Crippen molar-refractivity contribution in [2.24, 2.45) is 0 Å². The summed E-state index contributed by atoms with van der Waals surface area (Å²) in [6.45, 7) is 0.899. The molecular formula is C24H20ClF4N3O3S. The molecule has 1 saturated heterocycles. The molecule has 0 bridgehead atoms. The summed E-state index contributed by atoms with van der Waals surface area (Å²) in [5.41, 5.74) is 0.175. The van der Waals surface area contributed by atoms with E-state index in [4.69, 9.17) is 11.6 Å². The molecule has 2 heterocycles. The van der Waals surface area contributed by atoms with Crippen LogP contribution in [0, 0.1) is 5.82 Å². The molecule has 2 aromatic carbocycles. The summed E-state index contributed by atoms with van der Waals surface area (Å²) in [5, 5.41) is -0.149. The zero-order valence-corrected chi connectivity index (χ0v) is 20.5. The standard InChI is InChI=1S/C24H20ClF4N3O3S/c1-36(34,35)18-6-7-19(15-2-4-17(26)5-3-15)20(13-18)23(33)32-10-8-31(9-11-32)22-21(25)12-16(14-30-22)24(27,28)29/h2-7,12-14H,8-11H2,1H3. The van der Waals surface area contributed by atoms with Crippen LogP contribution in [0.3, 0.4) is 0 Å². The first kappa shape index (κ1) is 25.9. The number of anilines is 1. The Bertz CT molecular complexity index is 1410. The number of benzene rings is 2. The summed E-state index contributed by atoms with van der Waals surface area (Å²) >= 11 is 6.06. The highest BCUT2D eigenvalue weighted by Crippen LogP contribution is 2.34. The SMILES string of the molecule is CS(=O)(=O)c1ccc(-c2ccc(F)cc2)c(C(=O)N2CCN(c3ncc(C(F)(F)F)cc3Cl)CC2)c1. The highest BCUT2D eigenvalue weighted by Gasteiger charge is 2.33. The fraction of sp³-hybridized carbons (Fsp3) is 0.250. The van der Waals surface area contributed by atoms with Crippen molar-refractivity contribution >= 4 is 33.2 Å². The summed E-state index contributed by atoms with van der Waals surface area (Å²) in [7, 11) is -3.60. The second-order valence-corrected chi connectivity index (χ2v) is 10.7. The maximum atomic E-state index is 13.5. The lowest BCUT2D eigenvalue weighted by Crippen LogP contribution is -2.49. The van der Waals surface area contributed by atoms with Gasteiger partial charge in [-0.05, 0) is 41.5 Å². The Hall–Kier alpha value is -3.18. The number of piperazine rings is 1. The molecule has 36 heavy (non-hydrogen) atoms. The van der Waals surface area contributed by atoms with E-state index < -0.39 is 33.3 Å². The molecule has 4 rings (SSSR count). The van der Waals surface area contributed by atoms with Crippen LogP contribution in [0.15, 0.2) is 59.6 Å². The van der Waals surface area contributed by atoms with Gasteiger partial charge in [0.15, 0.2) is 9.84 Å². The maximum absolute atomic E-state index is 13.5. The highest BCUT2D eigenvalue weighted by atomic mass is 35.5. The molecule has 1 aliphatic heterocycles. The number of nitrogens with zero attached hydrogens (tertiary/aromatic N) is 3. The number of carbonyl (C=O) groups excluding carboxylic acids is 1. The minimum absolute atomic E-state index is 0.0314. The number of hydrogen-bond donors (Lipinski definition) is 0. The predicted octanol–water partition coefficient (Wildman–Crippen LogP) is 4.93. The first-order valence-corrected chi connectivity index (χ1v) is 13.0. The van der Waals surface area contributed by atoms with Gasteiger partial charge in [-0.2, -0.15) is 13.2 Å². The maximum Gasteiger partial charge on any atom is 0.417 e. The van der Waals surface area contributed by atoms with Crippen LogP contribution < -0.4 is 4.90 Å². The van der Waals surface area contributed by atoms with Crippen molar-refractivity contribution in [2.45, 2.75) is 11.1 Å². The Labute approximate surface area is 210 Å². The number of amides is 1. The number of pyridine rings is 1. The Morgan fingerprint density at radius 3 is 2.19 bits per heavy atom. The molecule has 1 aromatic heterocycles. The minimum Gasteiger partial charge on any atom is -0.352 e. The normalized spacial score (nSPS) is 14.7. The van der Waals surface area contributed by atoms with Crippen molar-refractivity contribution in [2.75, 3.05) is 37.3 Å². The molecule has 0 spiro atoms. The van der Waals surface area contributed by atoms with E-state index in [2.05, 4.69) is 4.98 Å². The van der Waals surface area contributed by atoms with Gasteiger partial charge in [-0.1, -0.05) is 29.8 Å². The molecule has 1 amide bonds. The van der Waals surface area contributed by atoms with E-state index in [1.54, 1.807) is 4.90 Å². The first-order chi connectivity index (χ1) is 16.8. The van der Waals surface area contributed by atoms with Crippen molar-refractivity contribution in [3.8, 4) is 11.1 Å². The molecule has 0 radical (unpaired) electrons. The van der Waals surface area contributed by atoms with E-state index in [1.807, 2.05) is 0 Å². The topological polar surface area (TPSA) is 70.6 Å². The van der Waals surface area contributed by atoms with Gasteiger partial charge in [-0.3, -0.25) is 4.79 Å². The fourth-order valence-corrected chi connectivity index (χ4v) is 4.86. The molecular weight excluding hydrogens is 522 g/mol. The van der Waals surface area contributed by atoms with E-state index in [1.165, 1.54) is 47.4 Å². The zero-order valence-electron chi connectivity index (χ0n) is 18.9. The van der Waals surface area contributed by atoms with Crippen LogP contribution >= 0.6 is 11.6 Å². The first-order valence-electron chi connectivity index (χ1n) is 10.7. The Morgan fingerprint density at radius 2 is 1.64 bits per heavy atom.